The van der Waals surface area contributed by atoms with E-state index in [1.165, 1.54) is 0 Å². The van der Waals surface area contributed by atoms with Crippen molar-refractivity contribution in [3.63, 3.8) is 0 Å². The molecule has 176 valence electrons. The molecule has 3 aromatic carbocycles. The molecular formula is C27H23N3O4S. The largest absolute Gasteiger partial charge is 0.493 e. The van der Waals surface area contributed by atoms with Crippen molar-refractivity contribution in [2.45, 2.75) is 18.9 Å². The number of aliphatic imine (C=N–C) groups is 1. The van der Waals surface area contributed by atoms with E-state index in [-0.39, 0.29) is 18.7 Å². The Hall–Kier alpha value is -3.91. The maximum atomic E-state index is 13.0. The van der Waals surface area contributed by atoms with Gasteiger partial charge in [0.25, 0.3) is 5.91 Å². The second-order valence-corrected chi connectivity index (χ2v) is 9.45. The standard InChI is InChI=1S/C27H23N3O4S/c1-32-23-13-20-22(28-15-18-5-4-12-30(18)27(20)31)14-24(23)34-16-33-19-10-8-17(9-11-19)26-29-21-6-2-3-7-25(21)35-26/h2-3,6-11,13-15,18H,4-5,12,16H2,1H3/t18-/m0/s1. The summed E-state index contributed by atoms with van der Waals surface area (Å²) in [5.74, 6) is 1.61. The van der Waals surface area contributed by atoms with Gasteiger partial charge >= 0.3 is 0 Å². The van der Waals surface area contributed by atoms with Crippen molar-refractivity contribution < 1.29 is 19.0 Å². The van der Waals surface area contributed by atoms with Crippen molar-refractivity contribution in [1.82, 2.24) is 9.88 Å². The van der Waals surface area contributed by atoms with Crippen LogP contribution in [0.2, 0.25) is 0 Å². The summed E-state index contributed by atoms with van der Waals surface area (Å²) in [6.45, 7) is 0.739. The summed E-state index contributed by atoms with van der Waals surface area (Å²) in [5.41, 5.74) is 3.15. The van der Waals surface area contributed by atoms with Crippen LogP contribution in [-0.2, 0) is 0 Å². The minimum Gasteiger partial charge on any atom is -0.493 e. The molecule has 1 amide bonds. The summed E-state index contributed by atoms with van der Waals surface area (Å²) < 4.78 is 18.3. The average Bonchev–Trinajstić information content (AvgIpc) is 3.52. The highest BCUT2D eigenvalue weighted by Gasteiger charge is 2.32. The molecule has 7 nitrogen and oxygen atoms in total. The van der Waals surface area contributed by atoms with E-state index in [2.05, 4.69) is 11.1 Å². The Labute approximate surface area is 206 Å². The molecule has 4 aromatic rings. The lowest BCUT2D eigenvalue weighted by Gasteiger charge is -2.20. The Morgan fingerprint density at radius 1 is 1.06 bits per heavy atom. The van der Waals surface area contributed by atoms with Gasteiger partial charge in [0.15, 0.2) is 11.5 Å². The molecule has 3 heterocycles. The van der Waals surface area contributed by atoms with Gasteiger partial charge in [0.1, 0.15) is 10.8 Å². The summed E-state index contributed by atoms with van der Waals surface area (Å²) in [5, 5.41) is 0.972. The fourth-order valence-electron chi connectivity index (χ4n) is 4.47. The van der Waals surface area contributed by atoms with Gasteiger partial charge in [-0.2, -0.15) is 0 Å². The van der Waals surface area contributed by atoms with Gasteiger partial charge in [-0.1, -0.05) is 12.1 Å². The van der Waals surface area contributed by atoms with E-state index in [0.717, 1.165) is 40.2 Å². The molecule has 0 N–H and O–H groups in total. The first kappa shape index (κ1) is 21.6. The number of fused-ring (bicyclic) bond motifs is 3. The van der Waals surface area contributed by atoms with Crippen LogP contribution in [0.3, 0.4) is 0 Å². The normalized spacial score (nSPS) is 16.7. The number of aromatic nitrogens is 1. The Kier molecular flexibility index (Phi) is 5.58. The summed E-state index contributed by atoms with van der Waals surface area (Å²) in [7, 11) is 1.55. The highest BCUT2D eigenvalue weighted by Crippen LogP contribution is 2.38. The molecule has 8 heteroatoms. The molecule has 1 aromatic heterocycles. The monoisotopic (exact) mass is 485 g/mol. The average molecular weight is 486 g/mol. The van der Waals surface area contributed by atoms with E-state index < -0.39 is 0 Å². The maximum Gasteiger partial charge on any atom is 0.256 e. The minimum absolute atomic E-state index is 0.0119. The molecule has 0 bridgehead atoms. The molecule has 0 spiro atoms. The third-order valence-electron chi connectivity index (χ3n) is 6.29. The summed E-state index contributed by atoms with van der Waals surface area (Å²) in [6, 6.07) is 19.4. The van der Waals surface area contributed by atoms with Gasteiger partial charge in [-0.25, -0.2) is 4.98 Å². The molecule has 35 heavy (non-hydrogen) atoms. The maximum absolute atomic E-state index is 13.0. The van der Waals surface area contributed by atoms with Crippen molar-refractivity contribution in [2.24, 2.45) is 4.99 Å². The van der Waals surface area contributed by atoms with Crippen LogP contribution in [0.25, 0.3) is 20.8 Å². The molecule has 0 aliphatic carbocycles. The zero-order valence-corrected chi connectivity index (χ0v) is 20.0. The van der Waals surface area contributed by atoms with Gasteiger partial charge in [0, 0.05) is 24.4 Å². The Morgan fingerprint density at radius 3 is 2.74 bits per heavy atom. The van der Waals surface area contributed by atoms with Crippen molar-refractivity contribution in [1.29, 1.82) is 0 Å². The van der Waals surface area contributed by atoms with Gasteiger partial charge in [0.2, 0.25) is 6.79 Å². The number of hydrogen-bond acceptors (Lipinski definition) is 7. The first-order valence-electron chi connectivity index (χ1n) is 11.5. The topological polar surface area (TPSA) is 73.2 Å². The fourth-order valence-corrected chi connectivity index (χ4v) is 5.44. The molecule has 6 rings (SSSR count). The van der Waals surface area contributed by atoms with E-state index in [9.17, 15) is 4.79 Å². The summed E-state index contributed by atoms with van der Waals surface area (Å²) >= 11 is 1.66. The number of ether oxygens (including phenoxy) is 3. The van der Waals surface area contributed by atoms with E-state index in [0.29, 0.717) is 28.5 Å². The number of benzene rings is 3. The van der Waals surface area contributed by atoms with Gasteiger partial charge in [0.05, 0.1) is 34.6 Å². The Bertz CT molecular complexity index is 1400. The Morgan fingerprint density at radius 2 is 1.91 bits per heavy atom. The van der Waals surface area contributed by atoms with Crippen LogP contribution in [0.1, 0.15) is 23.2 Å². The van der Waals surface area contributed by atoms with Crippen molar-refractivity contribution in [3.8, 4) is 27.8 Å². The third kappa shape index (κ3) is 4.10. The quantitative estimate of drug-likeness (QED) is 0.327. The number of carbonyl (C=O) groups is 1. The zero-order valence-electron chi connectivity index (χ0n) is 19.1. The first-order valence-corrected chi connectivity index (χ1v) is 12.3. The smallest absolute Gasteiger partial charge is 0.256 e. The van der Waals surface area contributed by atoms with Crippen LogP contribution >= 0.6 is 11.3 Å². The van der Waals surface area contributed by atoms with E-state index in [4.69, 9.17) is 19.2 Å². The number of carbonyl (C=O) groups excluding carboxylic acids is 1. The molecule has 2 aliphatic rings. The molecule has 0 radical (unpaired) electrons. The second-order valence-electron chi connectivity index (χ2n) is 8.42. The number of methoxy groups -OCH3 is 1. The van der Waals surface area contributed by atoms with Gasteiger partial charge in [-0.15, -0.1) is 11.3 Å². The number of amides is 1. The van der Waals surface area contributed by atoms with Crippen molar-refractivity contribution >= 4 is 39.4 Å². The van der Waals surface area contributed by atoms with Crippen LogP contribution in [0.4, 0.5) is 5.69 Å². The SMILES string of the molecule is COc1cc2c(cc1OCOc1ccc(-c3nc4ccccc4s3)cc1)N=C[C@@H]1CCCN1C2=O. The second kappa shape index (κ2) is 9.03. The fraction of sp³-hybridized carbons (Fsp3) is 0.222. The highest BCUT2D eigenvalue weighted by atomic mass is 32.1. The number of hydrogen-bond donors (Lipinski definition) is 0. The zero-order chi connectivity index (χ0) is 23.8. The molecule has 1 fully saturated rings. The Balaban J connectivity index is 1.15. The number of nitrogens with zero attached hydrogens (tertiary/aromatic N) is 3. The third-order valence-corrected chi connectivity index (χ3v) is 7.38. The highest BCUT2D eigenvalue weighted by molar-refractivity contribution is 7.21. The predicted octanol–water partition coefficient (Wildman–Crippen LogP) is 5.71. The van der Waals surface area contributed by atoms with E-state index in [1.54, 1.807) is 30.6 Å². The van der Waals surface area contributed by atoms with Crippen LogP contribution in [0.5, 0.6) is 17.2 Å². The van der Waals surface area contributed by atoms with Crippen LogP contribution in [0.15, 0.2) is 65.7 Å². The van der Waals surface area contributed by atoms with Crippen molar-refractivity contribution in [2.75, 3.05) is 20.4 Å². The first-order chi connectivity index (χ1) is 17.2. The number of para-hydroxylation sites is 1. The summed E-state index contributed by atoms with van der Waals surface area (Å²) in [6.07, 6.45) is 3.79. The molecule has 1 atom stereocenters. The molecule has 1 saturated heterocycles. The molecule has 0 unspecified atom stereocenters. The van der Waals surface area contributed by atoms with E-state index in [1.807, 2.05) is 53.6 Å². The molecule has 0 saturated carbocycles. The molecular weight excluding hydrogens is 462 g/mol. The van der Waals surface area contributed by atoms with E-state index >= 15 is 0 Å². The number of thiazole rings is 1. The predicted molar refractivity (Wildman–Crippen MR) is 136 cm³/mol. The lowest BCUT2D eigenvalue weighted by Crippen LogP contribution is -2.35. The number of rotatable bonds is 6. The van der Waals surface area contributed by atoms with Gasteiger partial charge in [-0.3, -0.25) is 9.79 Å². The van der Waals surface area contributed by atoms with Crippen LogP contribution in [-0.4, -0.2) is 48.5 Å². The van der Waals surface area contributed by atoms with Crippen molar-refractivity contribution in [3.05, 3.63) is 66.2 Å². The lowest BCUT2D eigenvalue weighted by molar-refractivity contribution is 0.0774. The van der Waals surface area contributed by atoms with Gasteiger partial charge in [-0.05, 0) is 55.3 Å². The summed E-state index contributed by atoms with van der Waals surface area (Å²) in [4.78, 5) is 24.1. The van der Waals surface area contributed by atoms with Crippen LogP contribution < -0.4 is 14.2 Å². The van der Waals surface area contributed by atoms with Crippen LogP contribution in [0, 0.1) is 0 Å². The van der Waals surface area contributed by atoms with Gasteiger partial charge < -0.3 is 19.1 Å². The lowest BCUT2D eigenvalue weighted by atomic mass is 10.1. The minimum atomic E-state index is -0.0192. The molecule has 2 aliphatic heterocycles.